The van der Waals surface area contributed by atoms with Gasteiger partial charge < -0.3 is 9.47 Å². The van der Waals surface area contributed by atoms with E-state index in [-0.39, 0.29) is 30.6 Å². The van der Waals surface area contributed by atoms with Gasteiger partial charge in [0.15, 0.2) is 0 Å². The van der Waals surface area contributed by atoms with E-state index in [1.807, 2.05) is 0 Å². The molecule has 0 amide bonds. The van der Waals surface area contributed by atoms with Crippen LogP contribution >= 0.6 is 0 Å². The molecule has 1 aromatic rings. The van der Waals surface area contributed by atoms with Crippen LogP contribution in [0.4, 0.5) is 4.39 Å². The number of hydrogen-bond acceptors (Lipinski definition) is 5. The fraction of sp³-hybridized carbons (Fsp3) is 0.438. The first kappa shape index (κ1) is 16.1. The Kier molecular flexibility index (Phi) is 4.59. The zero-order chi connectivity index (χ0) is 16.3. The monoisotopic (exact) mass is 308 g/mol. The van der Waals surface area contributed by atoms with Crippen molar-refractivity contribution < 1.29 is 28.2 Å². The van der Waals surface area contributed by atoms with Gasteiger partial charge in [0.25, 0.3) is 5.67 Å². The molecule has 1 saturated carbocycles. The predicted molar refractivity (Wildman–Crippen MR) is 75.5 cm³/mol. The minimum atomic E-state index is -2.85. The standard InChI is InChI=1S/C16H17FO5/c1-21-13-5-3-4-10(8-13)14(19)16(17,15(20)22-2)11-6-7-12(18)9-11/h3-5,8,11H,6-7,9H2,1-2H3/t11-,16+/m0/s1. The summed E-state index contributed by atoms with van der Waals surface area (Å²) in [5, 5.41) is 0. The van der Waals surface area contributed by atoms with Gasteiger partial charge in [-0.3, -0.25) is 9.59 Å². The van der Waals surface area contributed by atoms with Crippen molar-refractivity contribution in [2.24, 2.45) is 5.92 Å². The van der Waals surface area contributed by atoms with Crippen LogP contribution in [-0.4, -0.2) is 37.4 Å². The van der Waals surface area contributed by atoms with Crippen molar-refractivity contribution in [1.29, 1.82) is 0 Å². The second-order valence-corrected chi connectivity index (χ2v) is 5.24. The summed E-state index contributed by atoms with van der Waals surface area (Å²) in [5.41, 5.74) is -2.85. The average Bonchev–Trinajstić information content (AvgIpc) is 2.99. The number of rotatable bonds is 5. The molecule has 1 aromatic carbocycles. The lowest BCUT2D eigenvalue weighted by molar-refractivity contribution is -0.154. The van der Waals surface area contributed by atoms with Gasteiger partial charge in [0.2, 0.25) is 5.78 Å². The summed E-state index contributed by atoms with van der Waals surface area (Å²) < 4.78 is 24.8. The van der Waals surface area contributed by atoms with Gasteiger partial charge in [-0.2, -0.15) is 0 Å². The van der Waals surface area contributed by atoms with Crippen molar-refractivity contribution in [2.75, 3.05) is 14.2 Å². The molecule has 2 atom stereocenters. The highest BCUT2D eigenvalue weighted by Crippen LogP contribution is 2.38. The third-order valence-corrected chi connectivity index (χ3v) is 3.95. The minimum Gasteiger partial charge on any atom is -0.497 e. The van der Waals surface area contributed by atoms with E-state index in [4.69, 9.17) is 4.74 Å². The van der Waals surface area contributed by atoms with Crippen LogP contribution in [0.25, 0.3) is 0 Å². The minimum absolute atomic E-state index is 0.00611. The van der Waals surface area contributed by atoms with Crippen molar-refractivity contribution in [3.05, 3.63) is 29.8 Å². The first-order valence-corrected chi connectivity index (χ1v) is 6.91. The van der Waals surface area contributed by atoms with E-state index in [1.165, 1.54) is 25.3 Å². The van der Waals surface area contributed by atoms with Crippen LogP contribution < -0.4 is 4.74 Å². The molecule has 0 spiro atoms. The van der Waals surface area contributed by atoms with Crippen LogP contribution in [-0.2, 0) is 14.3 Å². The van der Waals surface area contributed by atoms with Crippen molar-refractivity contribution in [2.45, 2.75) is 24.9 Å². The van der Waals surface area contributed by atoms with Crippen LogP contribution in [0.2, 0.25) is 0 Å². The molecule has 0 saturated heterocycles. The fourth-order valence-electron chi connectivity index (χ4n) is 2.72. The van der Waals surface area contributed by atoms with Crippen LogP contribution in [0.3, 0.4) is 0 Å². The number of ketones is 2. The normalized spacial score (nSPS) is 20.3. The van der Waals surface area contributed by atoms with Gasteiger partial charge in [0.1, 0.15) is 11.5 Å². The highest BCUT2D eigenvalue weighted by Gasteiger charge is 2.56. The maximum Gasteiger partial charge on any atom is 0.352 e. The molecule has 0 heterocycles. The first-order chi connectivity index (χ1) is 10.4. The van der Waals surface area contributed by atoms with Crippen molar-refractivity contribution in [3.63, 3.8) is 0 Å². The smallest absolute Gasteiger partial charge is 0.352 e. The van der Waals surface area contributed by atoms with Gasteiger partial charge in [-0.05, 0) is 18.6 Å². The van der Waals surface area contributed by atoms with Gasteiger partial charge >= 0.3 is 5.97 Å². The van der Waals surface area contributed by atoms with E-state index in [2.05, 4.69) is 4.74 Å². The fourth-order valence-corrected chi connectivity index (χ4v) is 2.72. The van der Waals surface area contributed by atoms with Crippen LogP contribution in [0.15, 0.2) is 24.3 Å². The number of benzene rings is 1. The molecule has 0 bridgehead atoms. The number of carbonyl (C=O) groups is 3. The Balaban J connectivity index is 2.42. The van der Waals surface area contributed by atoms with E-state index in [9.17, 15) is 14.4 Å². The predicted octanol–water partition coefficient (Wildman–Crippen LogP) is 2.13. The van der Waals surface area contributed by atoms with Crippen molar-refractivity contribution >= 4 is 17.5 Å². The molecule has 2 rings (SSSR count). The van der Waals surface area contributed by atoms with Gasteiger partial charge in [-0.1, -0.05) is 12.1 Å². The third kappa shape index (κ3) is 2.73. The second-order valence-electron chi connectivity index (χ2n) is 5.24. The highest BCUT2D eigenvalue weighted by atomic mass is 19.1. The SMILES string of the molecule is COC(=O)[C@](F)(C(=O)c1cccc(OC)c1)[C@H]1CCC(=O)C1. The van der Waals surface area contributed by atoms with E-state index >= 15 is 4.39 Å². The van der Waals surface area contributed by atoms with Gasteiger partial charge in [-0.25, -0.2) is 9.18 Å². The van der Waals surface area contributed by atoms with Crippen LogP contribution in [0.1, 0.15) is 29.6 Å². The Hall–Kier alpha value is -2.24. The average molecular weight is 308 g/mol. The lowest BCUT2D eigenvalue weighted by Crippen LogP contribution is -2.49. The number of ether oxygens (including phenoxy) is 2. The van der Waals surface area contributed by atoms with Crippen LogP contribution in [0, 0.1) is 5.92 Å². The quantitative estimate of drug-likeness (QED) is 0.473. The molecule has 0 unspecified atom stereocenters. The number of methoxy groups -OCH3 is 2. The van der Waals surface area contributed by atoms with Gasteiger partial charge in [0.05, 0.1) is 14.2 Å². The number of halogens is 1. The molecule has 6 heteroatoms. The summed E-state index contributed by atoms with van der Waals surface area (Å²) in [4.78, 5) is 35.9. The topological polar surface area (TPSA) is 69.7 Å². The van der Waals surface area contributed by atoms with Crippen molar-refractivity contribution in [3.8, 4) is 5.75 Å². The summed E-state index contributed by atoms with van der Waals surface area (Å²) in [6.07, 6.45) is 0.181. The largest absolute Gasteiger partial charge is 0.497 e. The number of alkyl halides is 1. The lowest BCUT2D eigenvalue weighted by Gasteiger charge is -2.26. The van der Waals surface area contributed by atoms with E-state index in [0.29, 0.717) is 5.75 Å². The van der Waals surface area contributed by atoms with Crippen molar-refractivity contribution in [1.82, 2.24) is 0 Å². The Morgan fingerprint density at radius 1 is 1.32 bits per heavy atom. The molecule has 22 heavy (non-hydrogen) atoms. The first-order valence-electron chi connectivity index (χ1n) is 6.91. The number of carbonyl (C=O) groups excluding carboxylic acids is 3. The summed E-state index contributed by atoms with van der Waals surface area (Å²) in [7, 11) is 2.44. The van der Waals surface area contributed by atoms with E-state index in [1.54, 1.807) is 6.07 Å². The number of Topliss-reactive ketones (excluding diaryl/α,β-unsaturated/α-hetero) is 2. The van der Waals surface area contributed by atoms with Gasteiger partial charge in [-0.15, -0.1) is 0 Å². The molecular weight excluding hydrogens is 291 g/mol. The molecule has 118 valence electrons. The molecule has 0 radical (unpaired) electrons. The molecule has 1 aliphatic carbocycles. The third-order valence-electron chi connectivity index (χ3n) is 3.95. The summed E-state index contributed by atoms with van der Waals surface area (Å²) in [5.74, 6) is -3.04. The van der Waals surface area contributed by atoms with Crippen LogP contribution in [0.5, 0.6) is 5.75 Å². The molecule has 0 aromatic heterocycles. The summed E-state index contributed by atoms with van der Waals surface area (Å²) in [6, 6.07) is 5.90. The second kappa shape index (κ2) is 6.25. The zero-order valence-electron chi connectivity index (χ0n) is 12.4. The molecule has 5 nitrogen and oxygen atoms in total. The van der Waals surface area contributed by atoms with E-state index < -0.39 is 23.3 Å². The summed E-state index contributed by atoms with van der Waals surface area (Å²) >= 11 is 0. The van der Waals surface area contributed by atoms with Gasteiger partial charge in [0, 0.05) is 24.3 Å². The molecule has 1 fully saturated rings. The Labute approximate surface area is 127 Å². The zero-order valence-corrected chi connectivity index (χ0v) is 12.4. The Morgan fingerprint density at radius 2 is 2.05 bits per heavy atom. The maximum absolute atomic E-state index is 15.4. The maximum atomic E-state index is 15.4. The molecule has 0 aliphatic heterocycles. The lowest BCUT2D eigenvalue weighted by atomic mass is 9.81. The molecule has 1 aliphatic rings. The highest BCUT2D eigenvalue weighted by molar-refractivity contribution is 6.16. The number of hydrogen-bond donors (Lipinski definition) is 0. The summed E-state index contributed by atoms with van der Waals surface area (Å²) in [6.45, 7) is 0. The Bertz CT molecular complexity index is 612. The number of esters is 1. The van der Waals surface area contributed by atoms with E-state index in [0.717, 1.165) is 7.11 Å². The Morgan fingerprint density at radius 3 is 2.59 bits per heavy atom. The molecule has 0 N–H and O–H groups in total. The molecular formula is C16H17FO5.